The van der Waals surface area contributed by atoms with Gasteiger partial charge in [-0.3, -0.25) is 0 Å². The summed E-state index contributed by atoms with van der Waals surface area (Å²) in [6.45, 7) is 4.00. The number of aromatic hydroxyl groups is 1. The molecule has 0 spiro atoms. The number of benzene rings is 3. The molecule has 0 radical (unpaired) electrons. The quantitative estimate of drug-likeness (QED) is 0.456. The number of para-hydroxylation sites is 1. The molecule has 0 saturated heterocycles. The zero-order valence-electron chi connectivity index (χ0n) is 14.7. The van der Waals surface area contributed by atoms with Crippen LogP contribution in [0.4, 0.5) is 0 Å². The highest BCUT2D eigenvalue weighted by molar-refractivity contribution is 5.70. The van der Waals surface area contributed by atoms with Crippen LogP contribution in [0.2, 0.25) is 0 Å². The van der Waals surface area contributed by atoms with Crippen LogP contribution in [-0.4, -0.2) is 15.0 Å². The Morgan fingerprint density at radius 1 is 1.00 bits per heavy atom. The lowest BCUT2D eigenvalue weighted by Gasteiger charge is -2.12. The SMILES string of the molecule is Cc1cc(Cc2ccccc2C)c(O)c(-n2nc3ccccc3[n+]2[O-])c1. The molecule has 1 heterocycles. The standard InChI is InChI=1S/C21H19N3O2/c1-14-11-17(13-16-8-4-3-7-15(16)2)21(25)20(12-14)23-22-18-9-5-6-10-19(18)24(23)26/h3-12,25H,13H2,1-2H3. The van der Waals surface area contributed by atoms with Crippen LogP contribution in [0.25, 0.3) is 16.7 Å². The highest BCUT2D eigenvalue weighted by Crippen LogP contribution is 2.30. The van der Waals surface area contributed by atoms with Crippen LogP contribution in [0, 0.1) is 19.1 Å². The smallest absolute Gasteiger partial charge is 0.250 e. The van der Waals surface area contributed by atoms with Crippen LogP contribution in [0.15, 0.2) is 60.7 Å². The number of phenols is 1. The van der Waals surface area contributed by atoms with Crippen molar-refractivity contribution in [1.29, 1.82) is 0 Å². The van der Waals surface area contributed by atoms with E-state index in [-0.39, 0.29) is 5.75 Å². The van der Waals surface area contributed by atoms with E-state index in [1.807, 2.05) is 37.3 Å². The van der Waals surface area contributed by atoms with Gasteiger partial charge in [-0.2, -0.15) is 0 Å². The second kappa shape index (κ2) is 6.19. The maximum absolute atomic E-state index is 12.6. The molecule has 3 aromatic carbocycles. The van der Waals surface area contributed by atoms with Gasteiger partial charge in [-0.25, -0.2) is 0 Å². The monoisotopic (exact) mass is 345 g/mol. The van der Waals surface area contributed by atoms with Crippen molar-refractivity contribution in [3.63, 3.8) is 0 Å². The molecule has 1 aromatic heterocycles. The van der Waals surface area contributed by atoms with E-state index in [9.17, 15) is 10.3 Å². The van der Waals surface area contributed by atoms with Crippen LogP contribution in [0.1, 0.15) is 22.3 Å². The van der Waals surface area contributed by atoms with Crippen molar-refractivity contribution >= 4 is 11.0 Å². The Hall–Kier alpha value is -3.34. The first-order valence-electron chi connectivity index (χ1n) is 8.49. The van der Waals surface area contributed by atoms with Crippen LogP contribution >= 0.6 is 0 Å². The number of hydrogen-bond donors (Lipinski definition) is 1. The molecule has 0 saturated carbocycles. The predicted octanol–water partition coefficient (Wildman–Crippen LogP) is 3.57. The number of aromatic nitrogens is 3. The van der Waals surface area contributed by atoms with Crippen molar-refractivity contribution in [2.24, 2.45) is 0 Å². The van der Waals surface area contributed by atoms with Crippen molar-refractivity contribution in [3.8, 4) is 11.4 Å². The van der Waals surface area contributed by atoms with E-state index in [0.29, 0.717) is 28.0 Å². The predicted molar refractivity (Wildman–Crippen MR) is 100 cm³/mol. The molecule has 0 amide bonds. The summed E-state index contributed by atoms with van der Waals surface area (Å²) in [7, 11) is 0. The van der Waals surface area contributed by atoms with Gasteiger partial charge in [0, 0.05) is 12.0 Å². The van der Waals surface area contributed by atoms with Gasteiger partial charge in [0.25, 0.3) is 0 Å². The lowest BCUT2D eigenvalue weighted by atomic mass is 9.98. The van der Waals surface area contributed by atoms with E-state index >= 15 is 0 Å². The summed E-state index contributed by atoms with van der Waals surface area (Å²) in [6, 6.07) is 18.9. The van der Waals surface area contributed by atoms with Gasteiger partial charge in [0.1, 0.15) is 0 Å². The van der Waals surface area contributed by atoms with Gasteiger partial charge in [-0.05, 0) is 53.5 Å². The first-order valence-corrected chi connectivity index (χ1v) is 8.49. The Labute approximate surface area is 151 Å². The molecule has 0 aliphatic rings. The number of aryl methyl sites for hydroxylation is 2. The van der Waals surface area contributed by atoms with E-state index in [1.54, 1.807) is 24.3 Å². The molecule has 4 aromatic rings. The average Bonchev–Trinajstić information content (AvgIpc) is 2.97. The minimum absolute atomic E-state index is 0.0799. The minimum Gasteiger partial charge on any atom is -0.692 e. The Kier molecular flexibility index (Phi) is 3.84. The second-order valence-corrected chi connectivity index (χ2v) is 6.55. The van der Waals surface area contributed by atoms with Gasteiger partial charge in [-0.15, -0.1) is 4.85 Å². The Morgan fingerprint density at radius 3 is 2.50 bits per heavy atom. The first-order chi connectivity index (χ1) is 12.5. The van der Waals surface area contributed by atoms with Crippen molar-refractivity contribution in [3.05, 3.63) is 88.1 Å². The van der Waals surface area contributed by atoms with Crippen molar-refractivity contribution in [2.45, 2.75) is 20.3 Å². The van der Waals surface area contributed by atoms with Crippen molar-refractivity contribution in [2.75, 3.05) is 0 Å². The zero-order valence-corrected chi connectivity index (χ0v) is 14.7. The molecule has 5 nitrogen and oxygen atoms in total. The molecule has 0 bridgehead atoms. The molecule has 0 aliphatic heterocycles. The highest BCUT2D eigenvalue weighted by atomic mass is 16.5. The van der Waals surface area contributed by atoms with E-state index in [2.05, 4.69) is 18.1 Å². The summed E-state index contributed by atoms with van der Waals surface area (Å²) < 4.78 is 0. The van der Waals surface area contributed by atoms with E-state index < -0.39 is 0 Å². The van der Waals surface area contributed by atoms with Gasteiger partial charge in [0.15, 0.2) is 11.4 Å². The zero-order chi connectivity index (χ0) is 18.3. The normalized spacial score (nSPS) is 11.2. The highest BCUT2D eigenvalue weighted by Gasteiger charge is 2.20. The van der Waals surface area contributed by atoms with E-state index in [4.69, 9.17) is 0 Å². The Morgan fingerprint density at radius 2 is 1.73 bits per heavy atom. The lowest BCUT2D eigenvalue weighted by Crippen LogP contribution is -2.37. The van der Waals surface area contributed by atoms with Gasteiger partial charge < -0.3 is 10.3 Å². The third-order valence-electron chi connectivity index (χ3n) is 4.63. The number of hydrogen-bond acceptors (Lipinski definition) is 3. The van der Waals surface area contributed by atoms with E-state index in [0.717, 1.165) is 16.7 Å². The Bertz CT molecular complexity index is 1120. The molecule has 0 atom stereocenters. The molecular weight excluding hydrogens is 326 g/mol. The number of rotatable bonds is 3. The number of fused-ring (bicyclic) bond motifs is 1. The summed E-state index contributed by atoms with van der Waals surface area (Å²) in [5, 5.41) is 27.8. The minimum atomic E-state index is 0.0799. The summed E-state index contributed by atoms with van der Waals surface area (Å²) in [5.41, 5.74) is 5.48. The van der Waals surface area contributed by atoms with Gasteiger partial charge in [0.2, 0.25) is 11.0 Å². The summed E-state index contributed by atoms with van der Waals surface area (Å²) >= 11 is 0. The molecule has 0 aliphatic carbocycles. The third kappa shape index (κ3) is 2.67. The fourth-order valence-electron chi connectivity index (χ4n) is 3.24. The molecule has 4 rings (SSSR count). The maximum atomic E-state index is 12.6. The van der Waals surface area contributed by atoms with Crippen LogP contribution in [-0.2, 0) is 6.42 Å². The van der Waals surface area contributed by atoms with Gasteiger partial charge in [0.05, 0.1) is 5.10 Å². The average molecular weight is 345 g/mol. The van der Waals surface area contributed by atoms with Gasteiger partial charge in [-0.1, -0.05) is 42.5 Å². The second-order valence-electron chi connectivity index (χ2n) is 6.55. The topological polar surface area (TPSA) is 65.0 Å². The summed E-state index contributed by atoms with van der Waals surface area (Å²) in [5.74, 6) is 0.0799. The lowest BCUT2D eigenvalue weighted by molar-refractivity contribution is -0.664. The molecular formula is C21H19N3O2. The number of phenolic OH excluding ortho intramolecular Hbond substituents is 1. The van der Waals surface area contributed by atoms with Crippen molar-refractivity contribution < 1.29 is 9.95 Å². The molecule has 130 valence electrons. The molecule has 0 fully saturated rings. The van der Waals surface area contributed by atoms with E-state index in [1.165, 1.54) is 10.4 Å². The Balaban J connectivity index is 1.86. The molecule has 0 unspecified atom stereocenters. The summed E-state index contributed by atoms with van der Waals surface area (Å²) in [4.78, 5) is 1.93. The number of nitrogens with zero attached hydrogens (tertiary/aromatic N) is 3. The summed E-state index contributed by atoms with van der Waals surface area (Å²) in [6.07, 6.45) is 0.590. The maximum Gasteiger partial charge on any atom is 0.250 e. The first kappa shape index (κ1) is 16.1. The molecule has 26 heavy (non-hydrogen) atoms. The third-order valence-corrected chi connectivity index (χ3v) is 4.63. The fourth-order valence-corrected chi connectivity index (χ4v) is 3.24. The molecule has 5 heteroatoms. The largest absolute Gasteiger partial charge is 0.692 e. The molecule has 1 N–H and O–H groups in total. The van der Waals surface area contributed by atoms with Crippen molar-refractivity contribution in [1.82, 2.24) is 9.90 Å². The van der Waals surface area contributed by atoms with Crippen LogP contribution < -0.4 is 4.85 Å². The fraction of sp³-hybridized carbons (Fsp3) is 0.143. The van der Waals surface area contributed by atoms with Gasteiger partial charge >= 0.3 is 0 Å². The van der Waals surface area contributed by atoms with Crippen LogP contribution in [0.3, 0.4) is 0 Å². The van der Waals surface area contributed by atoms with Crippen LogP contribution in [0.5, 0.6) is 5.75 Å².